The van der Waals surface area contributed by atoms with E-state index in [-0.39, 0.29) is 11.1 Å². The Kier molecular flexibility index (Phi) is 7.71. The lowest BCUT2D eigenvalue weighted by Gasteiger charge is -2.10. The van der Waals surface area contributed by atoms with E-state index >= 15 is 0 Å². The van der Waals surface area contributed by atoms with E-state index < -0.39 is 17.9 Å². The summed E-state index contributed by atoms with van der Waals surface area (Å²) in [6, 6.07) is 12.9. The molecule has 0 atom stereocenters. The van der Waals surface area contributed by atoms with Crippen molar-refractivity contribution in [2.45, 2.75) is 13.8 Å². The van der Waals surface area contributed by atoms with E-state index in [9.17, 15) is 9.59 Å². The molecular formula is C20H20O8. The summed E-state index contributed by atoms with van der Waals surface area (Å²) in [4.78, 5) is 42.6. The smallest absolute Gasteiger partial charge is 0.390 e. The summed E-state index contributed by atoms with van der Waals surface area (Å²) >= 11 is 0. The molecular weight excluding hydrogens is 368 g/mol. The van der Waals surface area contributed by atoms with Crippen LogP contribution in [-0.4, -0.2) is 25.2 Å². The largest absolute Gasteiger partial charge is 0.493 e. The molecule has 0 heterocycles. The molecule has 0 N–H and O–H groups in total. The quantitative estimate of drug-likeness (QED) is 0.345. The van der Waals surface area contributed by atoms with Gasteiger partial charge in [-0.25, -0.2) is 29.1 Å². The van der Waals surface area contributed by atoms with Crippen molar-refractivity contribution in [1.82, 2.24) is 0 Å². The monoisotopic (exact) mass is 388 g/mol. The van der Waals surface area contributed by atoms with Crippen LogP contribution in [0.1, 0.15) is 34.6 Å². The molecule has 0 aliphatic rings. The van der Waals surface area contributed by atoms with Crippen LogP contribution in [-0.2, 0) is 19.6 Å². The van der Waals surface area contributed by atoms with E-state index in [1.54, 1.807) is 50.2 Å². The molecule has 148 valence electrons. The van der Waals surface area contributed by atoms with Crippen molar-refractivity contribution in [3.63, 3.8) is 0 Å². The van der Waals surface area contributed by atoms with Crippen molar-refractivity contribution in [3.05, 3.63) is 72.2 Å². The molecule has 0 bridgehead atoms. The molecule has 2 aromatic rings. The van der Waals surface area contributed by atoms with Crippen LogP contribution in [0.2, 0.25) is 0 Å². The zero-order valence-electron chi connectivity index (χ0n) is 15.5. The van der Waals surface area contributed by atoms with Gasteiger partial charge >= 0.3 is 17.9 Å². The molecule has 0 spiro atoms. The standard InChI is InChI=1S/C20H20O8/c1-4-23-17-12-8-6-10-15(17)19(21)27-25-14(3)26-28-20(22)16-11-7-9-13-18(16)24-5-2/h6-13H,3-5H2,1-2H3. The van der Waals surface area contributed by atoms with E-state index in [1.807, 2.05) is 0 Å². The summed E-state index contributed by atoms with van der Waals surface area (Å²) in [6.45, 7) is 7.66. The second-order valence-corrected chi connectivity index (χ2v) is 5.14. The van der Waals surface area contributed by atoms with Gasteiger partial charge in [0.15, 0.2) is 0 Å². The summed E-state index contributed by atoms with van der Waals surface area (Å²) in [6.07, 6.45) is 0. The minimum atomic E-state index is -0.832. The first-order chi connectivity index (χ1) is 13.6. The lowest BCUT2D eigenvalue weighted by Crippen LogP contribution is -2.12. The SMILES string of the molecule is C=C(OOC(=O)c1ccccc1OCC)OOC(=O)c1ccccc1OCC. The summed E-state index contributed by atoms with van der Waals surface area (Å²) < 4.78 is 10.7. The van der Waals surface area contributed by atoms with E-state index in [2.05, 4.69) is 26.1 Å². The third-order valence-corrected chi connectivity index (χ3v) is 3.23. The molecule has 0 aliphatic heterocycles. The summed E-state index contributed by atoms with van der Waals surface area (Å²) in [5.41, 5.74) is 0.305. The highest BCUT2D eigenvalue weighted by molar-refractivity contribution is 5.92. The molecule has 0 aromatic heterocycles. The maximum atomic E-state index is 12.1. The van der Waals surface area contributed by atoms with E-state index in [1.165, 1.54) is 12.1 Å². The first-order valence-electron chi connectivity index (χ1n) is 8.47. The first-order valence-corrected chi connectivity index (χ1v) is 8.47. The molecule has 2 aromatic carbocycles. The Balaban J connectivity index is 1.86. The van der Waals surface area contributed by atoms with Gasteiger partial charge in [0.05, 0.1) is 13.2 Å². The zero-order valence-corrected chi connectivity index (χ0v) is 15.5. The van der Waals surface area contributed by atoms with Crippen molar-refractivity contribution in [1.29, 1.82) is 0 Å². The molecule has 28 heavy (non-hydrogen) atoms. The fraction of sp³-hybridized carbons (Fsp3) is 0.200. The number of rotatable bonds is 10. The molecule has 0 unspecified atom stereocenters. The number of para-hydroxylation sites is 2. The van der Waals surface area contributed by atoms with Gasteiger partial charge in [-0.3, -0.25) is 0 Å². The molecule has 0 fully saturated rings. The average Bonchev–Trinajstić information content (AvgIpc) is 2.71. The molecule has 8 heteroatoms. The van der Waals surface area contributed by atoms with Crippen molar-refractivity contribution >= 4 is 11.9 Å². The number of hydrogen-bond acceptors (Lipinski definition) is 8. The average molecular weight is 388 g/mol. The third-order valence-electron chi connectivity index (χ3n) is 3.23. The van der Waals surface area contributed by atoms with Gasteiger partial charge in [-0.05, 0) is 44.7 Å². The number of benzene rings is 2. The number of carbonyl (C=O) groups is 2. The molecule has 0 saturated carbocycles. The number of hydrogen-bond donors (Lipinski definition) is 0. The van der Waals surface area contributed by atoms with Gasteiger partial charge in [-0.2, -0.15) is 0 Å². The molecule has 0 radical (unpaired) electrons. The first kappa shape index (κ1) is 20.6. The van der Waals surface area contributed by atoms with Crippen LogP contribution in [0.3, 0.4) is 0 Å². The molecule has 0 aliphatic carbocycles. The van der Waals surface area contributed by atoms with Crippen molar-refractivity contribution in [2.75, 3.05) is 13.2 Å². The fourth-order valence-corrected chi connectivity index (χ4v) is 2.11. The van der Waals surface area contributed by atoms with E-state index in [0.717, 1.165) is 0 Å². The molecule has 0 amide bonds. The van der Waals surface area contributed by atoms with Gasteiger partial charge in [-0.1, -0.05) is 24.3 Å². The van der Waals surface area contributed by atoms with Crippen molar-refractivity contribution < 1.29 is 38.6 Å². The van der Waals surface area contributed by atoms with Crippen LogP contribution < -0.4 is 9.47 Å². The Labute approximate surface area is 162 Å². The number of carbonyl (C=O) groups excluding carboxylic acids is 2. The molecule has 2 rings (SSSR count). The molecule has 8 nitrogen and oxygen atoms in total. The normalized spacial score (nSPS) is 9.79. The van der Waals surface area contributed by atoms with Gasteiger partial charge in [0, 0.05) is 0 Å². The summed E-state index contributed by atoms with van der Waals surface area (Å²) in [5.74, 6) is -1.54. The lowest BCUT2D eigenvalue weighted by atomic mass is 10.2. The lowest BCUT2D eigenvalue weighted by molar-refractivity contribution is -0.317. The van der Waals surface area contributed by atoms with Gasteiger partial charge in [0.25, 0.3) is 0 Å². The van der Waals surface area contributed by atoms with Gasteiger partial charge in [-0.15, -0.1) is 0 Å². The highest BCUT2D eigenvalue weighted by Crippen LogP contribution is 2.21. The maximum Gasteiger partial charge on any atom is 0.390 e. The highest BCUT2D eigenvalue weighted by atomic mass is 17.3. The van der Waals surface area contributed by atoms with Gasteiger partial charge < -0.3 is 9.47 Å². The van der Waals surface area contributed by atoms with Gasteiger partial charge in [0.1, 0.15) is 22.6 Å². The van der Waals surface area contributed by atoms with Crippen molar-refractivity contribution in [3.8, 4) is 11.5 Å². The Morgan fingerprint density at radius 1 is 0.714 bits per heavy atom. The minimum absolute atomic E-state index is 0.153. The second kappa shape index (κ2) is 10.5. The van der Waals surface area contributed by atoms with Crippen LogP contribution in [0.25, 0.3) is 0 Å². The number of ether oxygens (including phenoxy) is 2. The van der Waals surface area contributed by atoms with Crippen LogP contribution in [0.4, 0.5) is 0 Å². The van der Waals surface area contributed by atoms with Crippen molar-refractivity contribution in [2.24, 2.45) is 0 Å². The third kappa shape index (κ3) is 5.66. The zero-order chi connectivity index (χ0) is 20.4. The second-order valence-electron chi connectivity index (χ2n) is 5.14. The Bertz CT molecular complexity index is 763. The van der Waals surface area contributed by atoms with E-state index in [4.69, 9.17) is 9.47 Å². The molecule has 0 saturated heterocycles. The predicted molar refractivity (Wildman–Crippen MR) is 97.4 cm³/mol. The van der Waals surface area contributed by atoms with Crippen LogP contribution in [0.15, 0.2) is 61.1 Å². The fourth-order valence-electron chi connectivity index (χ4n) is 2.11. The summed E-state index contributed by atoms with van der Waals surface area (Å²) in [7, 11) is 0. The topological polar surface area (TPSA) is 89.5 Å². The van der Waals surface area contributed by atoms with Crippen LogP contribution in [0.5, 0.6) is 11.5 Å². The van der Waals surface area contributed by atoms with Crippen LogP contribution >= 0.6 is 0 Å². The van der Waals surface area contributed by atoms with Gasteiger partial charge in [0.2, 0.25) is 0 Å². The Morgan fingerprint density at radius 3 is 1.50 bits per heavy atom. The van der Waals surface area contributed by atoms with E-state index in [0.29, 0.717) is 24.7 Å². The Hall–Kier alpha value is -3.68. The highest BCUT2D eigenvalue weighted by Gasteiger charge is 2.18. The minimum Gasteiger partial charge on any atom is -0.493 e. The Morgan fingerprint density at radius 2 is 1.11 bits per heavy atom. The van der Waals surface area contributed by atoms with Crippen LogP contribution in [0, 0.1) is 0 Å². The summed E-state index contributed by atoms with van der Waals surface area (Å²) in [5, 5.41) is 0. The predicted octanol–water partition coefficient (Wildman–Crippen LogP) is 3.83. The maximum absolute atomic E-state index is 12.1.